The molecule has 0 aliphatic carbocycles. The van der Waals surface area contributed by atoms with Crippen LogP contribution in [-0.4, -0.2) is 29.1 Å². The van der Waals surface area contributed by atoms with Crippen LogP contribution < -0.4 is 14.2 Å². The van der Waals surface area contributed by atoms with Crippen molar-refractivity contribution in [3.63, 3.8) is 0 Å². The molecule has 1 N–H and O–H groups in total. The van der Waals surface area contributed by atoms with Crippen molar-refractivity contribution in [1.82, 2.24) is 4.98 Å². The molecule has 146 valence electrons. The normalized spacial score (nSPS) is 15.3. The first kappa shape index (κ1) is 18.8. The Morgan fingerprint density at radius 1 is 1.17 bits per heavy atom. The van der Waals surface area contributed by atoms with Gasteiger partial charge in [-0.15, -0.1) is 0 Å². The molecule has 1 atom stereocenters. The third-order valence-corrected chi connectivity index (χ3v) is 5.60. The fourth-order valence-electron chi connectivity index (χ4n) is 3.31. The molecule has 0 radical (unpaired) electrons. The zero-order valence-electron chi connectivity index (χ0n) is 15.2. The van der Waals surface area contributed by atoms with Gasteiger partial charge in [-0.2, -0.15) is 0 Å². The summed E-state index contributed by atoms with van der Waals surface area (Å²) in [5, 5.41) is 9.90. The van der Waals surface area contributed by atoms with Crippen molar-refractivity contribution in [2.45, 2.75) is 12.3 Å². The Bertz CT molecular complexity index is 1170. The molecule has 3 aromatic rings. The van der Waals surface area contributed by atoms with E-state index in [1.54, 1.807) is 49.6 Å². The summed E-state index contributed by atoms with van der Waals surface area (Å²) in [6.45, 7) is 0. The number of benzene rings is 2. The molecule has 4 rings (SSSR count). The minimum atomic E-state index is -1.12. The van der Waals surface area contributed by atoms with E-state index in [4.69, 9.17) is 9.47 Å². The highest BCUT2D eigenvalue weighted by molar-refractivity contribution is 7.12. The van der Waals surface area contributed by atoms with Gasteiger partial charge in [-0.25, -0.2) is 9.78 Å². The molecule has 2 heterocycles. The quantitative estimate of drug-likeness (QED) is 0.660. The van der Waals surface area contributed by atoms with E-state index in [1.165, 1.54) is 6.07 Å². The number of carboxylic acid groups (broad SMARTS) is 1. The number of rotatable bonds is 4. The number of hydrogen-bond acceptors (Lipinski definition) is 7. The van der Waals surface area contributed by atoms with Crippen LogP contribution in [0.2, 0.25) is 0 Å². The Balaban J connectivity index is 1.85. The average molecular weight is 409 g/mol. The van der Waals surface area contributed by atoms with Crippen LogP contribution >= 0.6 is 11.3 Å². The van der Waals surface area contributed by atoms with Crippen LogP contribution in [0.1, 0.15) is 33.8 Å². The highest BCUT2D eigenvalue weighted by Crippen LogP contribution is 2.39. The number of aromatic carboxylic acids is 1. The molecule has 1 unspecified atom stereocenters. The molecule has 7 nitrogen and oxygen atoms in total. The molecule has 8 heteroatoms. The average Bonchev–Trinajstić information content (AvgIpc) is 2.72. The lowest BCUT2D eigenvalue weighted by atomic mass is 9.86. The summed E-state index contributed by atoms with van der Waals surface area (Å²) in [5.41, 5.74) is 1.32. The second-order valence-electron chi connectivity index (χ2n) is 6.38. The van der Waals surface area contributed by atoms with E-state index in [1.807, 2.05) is 0 Å². The van der Waals surface area contributed by atoms with Gasteiger partial charge in [0.2, 0.25) is 10.6 Å². The third kappa shape index (κ3) is 3.50. The Labute approximate surface area is 169 Å². The van der Waals surface area contributed by atoms with Gasteiger partial charge in [-0.1, -0.05) is 29.5 Å². The summed E-state index contributed by atoms with van der Waals surface area (Å²) < 4.78 is 10.1. The molecule has 0 saturated carbocycles. The fourth-order valence-corrected chi connectivity index (χ4v) is 4.21. The minimum absolute atomic E-state index is 0.0433. The van der Waals surface area contributed by atoms with Crippen molar-refractivity contribution >= 4 is 23.3 Å². The smallest absolute Gasteiger partial charge is 0.335 e. The number of hydrogen-bond donors (Lipinski definition) is 1. The zero-order chi connectivity index (χ0) is 20.5. The second kappa shape index (κ2) is 7.48. The van der Waals surface area contributed by atoms with E-state index < -0.39 is 17.9 Å². The van der Waals surface area contributed by atoms with Gasteiger partial charge in [0, 0.05) is 11.5 Å². The van der Waals surface area contributed by atoms with Gasteiger partial charge in [0.05, 0.1) is 24.7 Å². The minimum Gasteiger partial charge on any atom is -0.497 e. The van der Waals surface area contributed by atoms with Gasteiger partial charge in [-0.05, 0) is 35.9 Å². The van der Waals surface area contributed by atoms with Crippen molar-refractivity contribution < 1.29 is 24.2 Å². The first-order valence-corrected chi connectivity index (χ1v) is 9.52. The van der Waals surface area contributed by atoms with E-state index in [0.717, 1.165) is 11.3 Å². The SMILES string of the molecule is COc1ccc(-c2nc3c(c(=O)s2)C(c2ccccc2C(=O)O)CC(=O)O3)cc1. The summed E-state index contributed by atoms with van der Waals surface area (Å²) in [5.74, 6) is -1.82. The molecular weight excluding hydrogens is 394 g/mol. The van der Waals surface area contributed by atoms with Crippen LogP contribution in [0.4, 0.5) is 0 Å². The lowest BCUT2D eigenvalue weighted by Crippen LogP contribution is -2.27. The Morgan fingerprint density at radius 3 is 2.59 bits per heavy atom. The number of carboxylic acids is 1. The van der Waals surface area contributed by atoms with Gasteiger partial charge in [0.25, 0.3) is 0 Å². The van der Waals surface area contributed by atoms with Crippen molar-refractivity contribution in [3.8, 4) is 22.2 Å². The molecular formula is C21H15NO6S. The number of carbonyl (C=O) groups excluding carboxylic acids is 1. The highest BCUT2D eigenvalue weighted by atomic mass is 32.1. The molecule has 0 bridgehead atoms. The van der Waals surface area contributed by atoms with Crippen molar-refractivity contribution in [2.75, 3.05) is 7.11 Å². The lowest BCUT2D eigenvalue weighted by Gasteiger charge is -2.24. The molecule has 1 aromatic heterocycles. The fraction of sp³-hybridized carbons (Fsp3) is 0.143. The van der Waals surface area contributed by atoms with Gasteiger partial charge in [0.1, 0.15) is 10.8 Å². The van der Waals surface area contributed by atoms with E-state index in [0.29, 0.717) is 21.9 Å². The van der Waals surface area contributed by atoms with Crippen LogP contribution in [0.3, 0.4) is 0 Å². The Morgan fingerprint density at radius 2 is 1.90 bits per heavy atom. The summed E-state index contributed by atoms with van der Waals surface area (Å²) in [4.78, 5) is 41.2. The topological polar surface area (TPSA) is 103 Å². The maximum atomic E-state index is 13.0. The predicted molar refractivity (Wildman–Crippen MR) is 106 cm³/mol. The monoisotopic (exact) mass is 409 g/mol. The van der Waals surface area contributed by atoms with Gasteiger partial charge in [-0.3, -0.25) is 9.59 Å². The molecule has 0 amide bonds. The maximum absolute atomic E-state index is 13.0. The summed E-state index contributed by atoms with van der Waals surface area (Å²) in [7, 11) is 1.55. The molecule has 1 aliphatic rings. The number of nitrogens with zero attached hydrogens (tertiary/aromatic N) is 1. The number of methoxy groups -OCH3 is 1. The molecule has 29 heavy (non-hydrogen) atoms. The van der Waals surface area contributed by atoms with Crippen molar-refractivity contribution in [2.24, 2.45) is 0 Å². The van der Waals surface area contributed by atoms with Crippen molar-refractivity contribution in [1.29, 1.82) is 0 Å². The Kier molecular flexibility index (Phi) is 4.85. The van der Waals surface area contributed by atoms with Gasteiger partial charge in [0.15, 0.2) is 0 Å². The largest absolute Gasteiger partial charge is 0.497 e. The second-order valence-corrected chi connectivity index (χ2v) is 7.34. The number of esters is 1. The molecule has 2 aromatic carbocycles. The number of carbonyl (C=O) groups is 2. The van der Waals surface area contributed by atoms with Crippen LogP contribution in [0.5, 0.6) is 11.6 Å². The van der Waals surface area contributed by atoms with Crippen LogP contribution in [-0.2, 0) is 4.79 Å². The highest BCUT2D eigenvalue weighted by Gasteiger charge is 2.35. The van der Waals surface area contributed by atoms with E-state index in [2.05, 4.69) is 4.98 Å². The summed E-state index contributed by atoms with van der Waals surface area (Å²) in [6.07, 6.45) is -0.122. The number of fused-ring (bicyclic) bond motifs is 1. The molecule has 1 aliphatic heterocycles. The van der Waals surface area contributed by atoms with E-state index in [9.17, 15) is 19.5 Å². The predicted octanol–water partition coefficient (Wildman–Crippen LogP) is 3.32. The zero-order valence-corrected chi connectivity index (χ0v) is 16.1. The lowest BCUT2D eigenvalue weighted by molar-refractivity contribution is -0.135. The van der Waals surface area contributed by atoms with E-state index >= 15 is 0 Å². The molecule has 0 fully saturated rings. The molecule has 0 spiro atoms. The first-order valence-electron chi connectivity index (χ1n) is 8.70. The number of ether oxygens (including phenoxy) is 2. The maximum Gasteiger partial charge on any atom is 0.335 e. The van der Waals surface area contributed by atoms with E-state index in [-0.39, 0.29) is 28.2 Å². The number of aromatic nitrogens is 1. The van der Waals surface area contributed by atoms with Gasteiger partial charge >= 0.3 is 11.9 Å². The summed E-state index contributed by atoms with van der Waals surface area (Å²) in [6, 6.07) is 13.3. The summed E-state index contributed by atoms with van der Waals surface area (Å²) >= 11 is 0.926. The van der Waals surface area contributed by atoms with Crippen LogP contribution in [0.25, 0.3) is 10.6 Å². The third-order valence-electron chi connectivity index (χ3n) is 4.68. The Hall–Kier alpha value is -3.52. The molecule has 0 saturated heterocycles. The van der Waals surface area contributed by atoms with Crippen molar-refractivity contribution in [3.05, 3.63) is 74.8 Å². The first-order chi connectivity index (χ1) is 14.0. The van der Waals surface area contributed by atoms with Gasteiger partial charge < -0.3 is 14.6 Å². The van der Waals surface area contributed by atoms with Crippen LogP contribution in [0.15, 0.2) is 53.3 Å². The standard InChI is InChI=1S/C21H15NO6S/c1-27-12-8-6-11(7-9-12)19-22-18-17(21(26)29-19)15(10-16(23)28-18)13-4-2-3-5-14(13)20(24)25/h2-9,15H,10H2,1H3,(H,24,25). The van der Waals surface area contributed by atoms with Crippen LogP contribution in [0, 0.1) is 0 Å².